The molecule has 0 unspecified atom stereocenters. The van der Waals surface area contributed by atoms with E-state index in [1.165, 1.54) is 11.3 Å². The van der Waals surface area contributed by atoms with E-state index < -0.39 is 0 Å². The Labute approximate surface area is 155 Å². The fraction of sp³-hybridized carbons (Fsp3) is 0.158. The minimum Gasteiger partial charge on any atom is -0.512 e. The summed E-state index contributed by atoms with van der Waals surface area (Å²) < 4.78 is 0. The van der Waals surface area contributed by atoms with Crippen LogP contribution in [0.5, 0.6) is 0 Å². The lowest BCUT2D eigenvalue weighted by Gasteiger charge is -2.22. The lowest BCUT2D eigenvalue weighted by Crippen LogP contribution is -2.29. The SMILES string of the molecule is C=N/N=C(/CC1=CC=C(O)CC=C1)N1CC=CC(c2ccc(C=O)s2)=N1. The van der Waals surface area contributed by atoms with E-state index in [9.17, 15) is 9.90 Å². The number of allylic oxidation sites excluding steroid dienone is 5. The highest BCUT2D eigenvalue weighted by Crippen LogP contribution is 2.20. The Hall–Kier alpha value is -3.06. The van der Waals surface area contributed by atoms with Crippen molar-refractivity contribution < 1.29 is 9.90 Å². The van der Waals surface area contributed by atoms with Crippen LogP contribution < -0.4 is 0 Å². The second-order valence-corrected chi connectivity index (χ2v) is 6.75. The van der Waals surface area contributed by atoms with Crippen molar-refractivity contribution in [3.8, 4) is 0 Å². The molecule has 0 bridgehead atoms. The Bertz CT molecular complexity index is 887. The van der Waals surface area contributed by atoms with E-state index in [0.717, 1.165) is 22.4 Å². The molecular formula is C19H18N4O2S. The minimum atomic E-state index is 0.321. The van der Waals surface area contributed by atoms with E-state index in [0.29, 0.717) is 35.9 Å². The van der Waals surface area contributed by atoms with Crippen LogP contribution in [0.3, 0.4) is 0 Å². The molecular weight excluding hydrogens is 348 g/mol. The molecule has 0 fully saturated rings. The fourth-order valence-corrected chi connectivity index (χ4v) is 3.32. The van der Waals surface area contributed by atoms with E-state index in [2.05, 4.69) is 22.0 Å². The van der Waals surface area contributed by atoms with Crippen molar-refractivity contribution in [2.45, 2.75) is 12.8 Å². The van der Waals surface area contributed by atoms with Crippen molar-refractivity contribution in [3.05, 3.63) is 69.7 Å². The van der Waals surface area contributed by atoms with E-state index in [-0.39, 0.29) is 0 Å². The van der Waals surface area contributed by atoms with Crippen molar-refractivity contribution in [3.63, 3.8) is 0 Å². The average Bonchev–Trinajstić information content (AvgIpc) is 3.06. The molecule has 0 aromatic carbocycles. The summed E-state index contributed by atoms with van der Waals surface area (Å²) in [7, 11) is 0. The molecule has 0 amide bonds. The van der Waals surface area contributed by atoms with Crippen LogP contribution in [0.2, 0.25) is 0 Å². The summed E-state index contributed by atoms with van der Waals surface area (Å²) in [5.41, 5.74) is 1.76. The maximum absolute atomic E-state index is 10.9. The van der Waals surface area contributed by atoms with Gasteiger partial charge in [0.15, 0.2) is 12.1 Å². The van der Waals surface area contributed by atoms with Crippen LogP contribution >= 0.6 is 11.3 Å². The number of carbonyl (C=O) groups is 1. The molecule has 0 spiro atoms. The first-order valence-electron chi connectivity index (χ1n) is 8.05. The Morgan fingerprint density at radius 1 is 1.35 bits per heavy atom. The molecule has 1 aliphatic carbocycles. The van der Waals surface area contributed by atoms with Gasteiger partial charge in [0, 0.05) is 19.6 Å². The predicted molar refractivity (Wildman–Crippen MR) is 106 cm³/mol. The van der Waals surface area contributed by atoms with Gasteiger partial charge in [0.25, 0.3) is 0 Å². The van der Waals surface area contributed by atoms with Crippen molar-refractivity contribution in [1.82, 2.24) is 5.01 Å². The number of nitrogens with zero attached hydrogens (tertiary/aromatic N) is 4. The molecule has 0 radical (unpaired) electrons. The molecule has 2 aliphatic rings. The van der Waals surface area contributed by atoms with Crippen LogP contribution in [-0.4, -0.2) is 41.2 Å². The number of hydrazone groups is 1. The van der Waals surface area contributed by atoms with Gasteiger partial charge >= 0.3 is 0 Å². The predicted octanol–water partition coefficient (Wildman–Crippen LogP) is 3.87. The van der Waals surface area contributed by atoms with Gasteiger partial charge in [-0.2, -0.15) is 10.2 Å². The average molecular weight is 366 g/mol. The lowest BCUT2D eigenvalue weighted by molar-refractivity contribution is 0.112. The van der Waals surface area contributed by atoms with Crippen molar-refractivity contribution in [2.75, 3.05) is 6.54 Å². The highest BCUT2D eigenvalue weighted by molar-refractivity contribution is 7.15. The van der Waals surface area contributed by atoms with Gasteiger partial charge in [0.2, 0.25) is 0 Å². The molecule has 0 atom stereocenters. The Morgan fingerprint density at radius 3 is 3.00 bits per heavy atom. The molecule has 3 rings (SSSR count). The van der Waals surface area contributed by atoms with Crippen LogP contribution in [0.4, 0.5) is 0 Å². The number of rotatable bonds is 5. The van der Waals surface area contributed by atoms with Crippen LogP contribution in [0.25, 0.3) is 0 Å². The smallest absolute Gasteiger partial charge is 0.160 e. The zero-order valence-electron chi connectivity index (χ0n) is 14.1. The molecule has 26 heavy (non-hydrogen) atoms. The van der Waals surface area contributed by atoms with Crippen molar-refractivity contribution in [1.29, 1.82) is 0 Å². The summed E-state index contributed by atoms with van der Waals surface area (Å²) in [6.07, 6.45) is 13.2. The summed E-state index contributed by atoms with van der Waals surface area (Å²) >= 11 is 1.39. The third-order valence-electron chi connectivity index (χ3n) is 3.77. The van der Waals surface area contributed by atoms with Gasteiger partial charge < -0.3 is 5.11 Å². The first-order chi connectivity index (χ1) is 12.7. The highest BCUT2D eigenvalue weighted by Gasteiger charge is 2.17. The molecule has 6 nitrogen and oxygen atoms in total. The van der Waals surface area contributed by atoms with E-state index in [1.807, 2.05) is 36.4 Å². The second-order valence-electron chi connectivity index (χ2n) is 5.63. The quantitative estimate of drug-likeness (QED) is 0.372. The summed E-state index contributed by atoms with van der Waals surface area (Å²) in [5.74, 6) is 0.973. The first-order valence-corrected chi connectivity index (χ1v) is 8.87. The number of hydrogen-bond donors (Lipinski definition) is 1. The normalized spacial score (nSPS) is 17.3. The molecule has 7 heteroatoms. The van der Waals surface area contributed by atoms with Crippen LogP contribution in [0, 0.1) is 0 Å². The summed E-state index contributed by atoms with van der Waals surface area (Å²) in [6.45, 7) is 4.03. The number of hydrogen-bond acceptors (Lipinski definition) is 6. The second kappa shape index (κ2) is 8.35. The molecule has 1 aliphatic heterocycles. The molecule has 1 N–H and O–H groups in total. The Balaban J connectivity index is 1.84. The number of aliphatic hydroxyl groups excluding tert-OH is 1. The lowest BCUT2D eigenvalue weighted by atomic mass is 10.1. The first kappa shape index (κ1) is 17.8. The van der Waals surface area contributed by atoms with Crippen molar-refractivity contribution >= 4 is 35.9 Å². The number of aldehydes is 1. The topological polar surface area (TPSA) is 77.6 Å². The van der Waals surface area contributed by atoms with E-state index in [4.69, 9.17) is 0 Å². The molecule has 1 aromatic rings. The van der Waals surface area contributed by atoms with Crippen LogP contribution in [-0.2, 0) is 0 Å². The monoisotopic (exact) mass is 366 g/mol. The maximum Gasteiger partial charge on any atom is 0.160 e. The number of amidine groups is 1. The zero-order valence-corrected chi connectivity index (χ0v) is 14.9. The van der Waals surface area contributed by atoms with Gasteiger partial charge in [-0.25, -0.2) is 5.01 Å². The fourth-order valence-electron chi connectivity index (χ4n) is 2.53. The van der Waals surface area contributed by atoms with Crippen LogP contribution in [0.15, 0.2) is 75.2 Å². The zero-order chi connectivity index (χ0) is 18.4. The third kappa shape index (κ3) is 4.31. The third-order valence-corrected chi connectivity index (χ3v) is 4.81. The number of thiophene rings is 1. The standard InChI is InChI=1S/C19H18N4O2S/c1-20-21-19(12-14-4-2-5-15(25)8-7-14)23-11-3-6-17(22-23)18-10-9-16(13-24)26-18/h2-4,6-10,13,25H,1,5,11-12H2/b21-19-. The van der Waals surface area contributed by atoms with Crippen molar-refractivity contribution in [2.24, 2.45) is 15.3 Å². The van der Waals surface area contributed by atoms with Gasteiger partial charge in [-0.1, -0.05) is 24.3 Å². The van der Waals surface area contributed by atoms with Crippen LogP contribution in [0.1, 0.15) is 27.4 Å². The Morgan fingerprint density at radius 2 is 2.23 bits per heavy atom. The molecule has 1 aromatic heterocycles. The van der Waals surface area contributed by atoms with Gasteiger partial charge in [-0.05, 0) is 29.9 Å². The molecule has 132 valence electrons. The van der Waals surface area contributed by atoms with E-state index >= 15 is 0 Å². The number of aliphatic hydroxyl groups is 1. The molecule has 0 saturated heterocycles. The summed E-state index contributed by atoms with van der Waals surface area (Å²) in [4.78, 5) is 12.5. The highest BCUT2D eigenvalue weighted by atomic mass is 32.1. The Kier molecular flexibility index (Phi) is 5.70. The minimum absolute atomic E-state index is 0.321. The summed E-state index contributed by atoms with van der Waals surface area (Å²) in [5, 5.41) is 23.9. The van der Waals surface area contributed by atoms with Gasteiger partial charge in [-0.15, -0.1) is 16.4 Å². The van der Waals surface area contributed by atoms with Gasteiger partial charge in [0.1, 0.15) is 5.71 Å². The van der Waals surface area contributed by atoms with Gasteiger partial charge in [0.05, 0.1) is 22.1 Å². The van der Waals surface area contributed by atoms with E-state index in [1.54, 1.807) is 17.2 Å². The van der Waals surface area contributed by atoms with Gasteiger partial charge in [-0.3, -0.25) is 4.79 Å². The molecule has 2 heterocycles. The molecule has 0 saturated carbocycles. The maximum atomic E-state index is 10.9. The number of carbonyl (C=O) groups excluding carboxylic acids is 1. The largest absolute Gasteiger partial charge is 0.512 e. The summed E-state index contributed by atoms with van der Waals surface area (Å²) in [6, 6.07) is 3.66.